The van der Waals surface area contributed by atoms with Crippen LogP contribution in [0.25, 0.3) is 0 Å². The molecule has 0 radical (unpaired) electrons. The fraction of sp³-hybridized carbons (Fsp3) is 0.500. The topological polar surface area (TPSA) is 95.6 Å². The zero-order valence-electron chi connectivity index (χ0n) is 11.5. The van der Waals surface area contributed by atoms with Gasteiger partial charge in [-0.15, -0.1) is 10.2 Å². The second kappa shape index (κ2) is 6.99. The summed E-state index contributed by atoms with van der Waals surface area (Å²) in [5, 5.41) is 14.9. The predicted molar refractivity (Wildman–Crippen MR) is 77.8 cm³/mol. The Morgan fingerprint density at radius 3 is 2.95 bits per heavy atom. The Hall–Kier alpha value is -1.96. The van der Waals surface area contributed by atoms with E-state index >= 15 is 0 Å². The maximum atomic E-state index is 12.1. The van der Waals surface area contributed by atoms with Gasteiger partial charge in [0.15, 0.2) is 0 Å². The lowest BCUT2D eigenvalue weighted by Crippen LogP contribution is -2.28. The van der Waals surface area contributed by atoms with Gasteiger partial charge in [-0.3, -0.25) is 4.79 Å². The number of H-pyrrole nitrogens is 1. The fourth-order valence-corrected chi connectivity index (χ4v) is 2.34. The van der Waals surface area contributed by atoms with Gasteiger partial charge in [-0.1, -0.05) is 25.2 Å². The third-order valence-electron chi connectivity index (χ3n) is 2.71. The van der Waals surface area contributed by atoms with Gasteiger partial charge in [0.25, 0.3) is 5.91 Å². The highest BCUT2D eigenvalue weighted by molar-refractivity contribution is 7.17. The number of aromatic nitrogens is 4. The van der Waals surface area contributed by atoms with Gasteiger partial charge in [-0.25, -0.2) is 4.98 Å². The highest BCUT2D eigenvalue weighted by Gasteiger charge is 2.19. The van der Waals surface area contributed by atoms with E-state index in [4.69, 9.17) is 0 Å². The quantitative estimate of drug-likeness (QED) is 0.725. The van der Waals surface area contributed by atoms with Crippen LogP contribution in [-0.4, -0.2) is 32.6 Å². The summed E-state index contributed by atoms with van der Waals surface area (Å²) in [4.78, 5) is 19.3. The molecular formula is C12H18N6OS. The van der Waals surface area contributed by atoms with Crippen LogP contribution in [0, 0.1) is 0 Å². The van der Waals surface area contributed by atoms with Crippen LogP contribution in [0.4, 0.5) is 5.13 Å². The maximum Gasteiger partial charge on any atom is 0.282 e. The van der Waals surface area contributed by atoms with Crippen LogP contribution >= 0.6 is 11.3 Å². The van der Waals surface area contributed by atoms with E-state index < -0.39 is 0 Å². The number of hydrogen-bond donors (Lipinski definition) is 3. The standard InChI is InChI=1S/C12H18N6OS/c1-3-5-15-12-18-17-11(20-12)10(19)16-8(4-2)9-13-6-7-14-9/h6-8H,3-5H2,1-2H3,(H,13,14)(H,15,18)(H,16,19). The monoisotopic (exact) mass is 294 g/mol. The first kappa shape index (κ1) is 14.4. The minimum absolute atomic E-state index is 0.145. The summed E-state index contributed by atoms with van der Waals surface area (Å²) in [6.45, 7) is 4.87. The Morgan fingerprint density at radius 1 is 1.45 bits per heavy atom. The second-order valence-electron chi connectivity index (χ2n) is 4.25. The molecule has 2 heterocycles. The molecule has 0 aliphatic carbocycles. The van der Waals surface area contributed by atoms with E-state index in [1.807, 2.05) is 6.92 Å². The molecule has 0 aliphatic heterocycles. The number of imidazole rings is 1. The van der Waals surface area contributed by atoms with E-state index in [1.165, 1.54) is 11.3 Å². The van der Waals surface area contributed by atoms with Crippen LogP contribution in [0.15, 0.2) is 12.4 Å². The van der Waals surface area contributed by atoms with Crippen molar-refractivity contribution in [1.29, 1.82) is 0 Å². The van der Waals surface area contributed by atoms with Gasteiger partial charge >= 0.3 is 0 Å². The molecule has 2 rings (SSSR count). The van der Waals surface area contributed by atoms with Crippen molar-refractivity contribution in [2.24, 2.45) is 0 Å². The van der Waals surface area contributed by atoms with Gasteiger partial charge in [0.05, 0.1) is 6.04 Å². The van der Waals surface area contributed by atoms with E-state index in [0.717, 1.165) is 25.2 Å². The van der Waals surface area contributed by atoms with Gasteiger partial charge in [0.2, 0.25) is 10.1 Å². The predicted octanol–water partition coefficient (Wildman–Crippen LogP) is 1.96. The molecule has 1 unspecified atom stereocenters. The van der Waals surface area contributed by atoms with Crippen molar-refractivity contribution >= 4 is 22.4 Å². The minimum Gasteiger partial charge on any atom is -0.360 e. The number of hydrogen-bond acceptors (Lipinski definition) is 6. The summed E-state index contributed by atoms with van der Waals surface area (Å²) in [7, 11) is 0. The smallest absolute Gasteiger partial charge is 0.282 e. The molecule has 7 nitrogen and oxygen atoms in total. The molecule has 108 valence electrons. The van der Waals surface area contributed by atoms with Crippen LogP contribution in [0.5, 0.6) is 0 Å². The van der Waals surface area contributed by atoms with Crippen molar-refractivity contribution in [3.63, 3.8) is 0 Å². The first-order valence-corrected chi connectivity index (χ1v) is 7.43. The fourth-order valence-electron chi connectivity index (χ4n) is 1.67. The molecule has 3 N–H and O–H groups in total. The molecule has 0 fully saturated rings. The van der Waals surface area contributed by atoms with Gasteiger partial charge in [-0.2, -0.15) is 0 Å². The molecule has 1 amide bonds. The highest BCUT2D eigenvalue weighted by Crippen LogP contribution is 2.17. The van der Waals surface area contributed by atoms with E-state index in [9.17, 15) is 4.79 Å². The van der Waals surface area contributed by atoms with Crippen LogP contribution in [0.3, 0.4) is 0 Å². The molecule has 0 aromatic carbocycles. The van der Waals surface area contributed by atoms with Crippen molar-refractivity contribution in [3.8, 4) is 0 Å². The molecule has 0 aliphatic rings. The molecule has 1 atom stereocenters. The van der Waals surface area contributed by atoms with Crippen molar-refractivity contribution in [1.82, 2.24) is 25.5 Å². The highest BCUT2D eigenvalue weighted by atomic mass is 32.1. The third-order valence-corrected chi connectivity index (χ3v) is 3.59. The number of rotatable bonds is 7. The number of aromatic amines is 1. The molecule has 2 aromatic rings. The van der Waals surface area contributed by atoms with Crippen LogP contribution < -0.4 is 10.6 Å². The zero-order chi connectivity index (χ0) is 14.4. The lowest BCUT2D eigenvalue weighted by molar-refractivity contribution is 0.0932. The average Bonchev–Trinajstić information content (AvgIpc) is 3.13. The molecule has 8 heteroatoms. The first-order chi connectivity index (χ1) is 9.74. The number of nitrogens with one attached hydrogen (secondary N) is 3. The van der Waals surface area contributed by atoms with E-state index in [2.05, 4.69) is 37.7 Å². The van der Waals surface area contributed by atoms with Crippen LogP contribution in [-0.2, 0) is 0 Å². The summed E-state index contributed by atoms with van der Waals surface area (Å²) in [6, 6.07) is -0.145. The largest absolute Gasteiger partial charge is 0.360 e. The first-order valence-electron chi connectivity index (χ1n) is 6.62. The van der Waals surface area contributed by atoms with E-state index in [-0.39, 0.29) is 11.9 Å². The van der Waals surface area contributed by atoms with Gasteiger partial charge in [0, 0.05) is 18.9 Å². The Labute approximate surface area is 121 Å². The SMILES string of the molecule is CCCNc1nnc(C(=O)NC(CC)c2ncc[nH]2)s1. The third kappa shape index (κ3) is 3.53. The Bertz CT molecular complexity index is 538. The Kier molecular flexibility index (Phi) is 5.05. The number of anilines is 1. The molecule has 20 heavy (non-hydrogen) atoms. The summed E-state index contributed by atoms with van der Waals surface area (Å²) in [6.07, 6.45) is 5.15. The van der Waals surface area contributed by atoms with Crippen molar-refractivity contribution < 1.29 is 4.79 Å². The molecule has 2 aromatic heterocycles. The molecule has 0 bridgehead atoms. The summed E-state index contributed by atoms with van der Waals surface area (Å²) in [5.74, 6) is 0.519. The van der Waals surface area contributed by atoms with E-state index in [0.29, 0.717) is 10.1 Å². The maximum absolute atomic E-state index is 12.1. The van der Waals surface area contributed by atoms with Crippen LogP contribution in [0.1, 0.15) is 48.4 Å². The summed E-state index contributed by atoms with van der Waals surface area (Å²) < 4.78 is 0. The lowest BCUT2D eigenvalue weighted by Gasteiger charge is -2.13. The lowest BCUT2D eigenvalue weighted by atomic mass is 10.2. The van der Waals surface area contributed by atoms with Gasteiger partial charge in [-0.05, 0) is 12.8 Å². The average molecular weight is 294 g/mol. The molecular weight excluding hydrogens is 276 g/mol. The second-order valence-corrected chi connectivity index (χ2v) is 5.23. The molecule has 0 saturated carbocycles. The number of carbonyl (C=O) groups is 1. The van der Waals surface area contributed by atoms with Crippen LogP contribution in [0.2, 0.25) is 0 Å². The minimum atomic E-state index is -0.227. The van der Waals surface area contributed by atoms with Crippen molar-refractivity contribution in [2.75, 3.05) is 11.9 Å². The normalized spacial score (nSPS) is 12.1. The van der Waals surface area contributed by atoms with Crippen molar-refractivity contribution in [3.05, 3.63) is 23.2 Å². The Balaban J connectivity index is 1.98. The molecule has 0 saturated heterocycles. The van der Waals surface area contributed by atoms with Gasteiger partial charge < -0.3 is 15.6 Å². The summed E-state index contributed by atoms with van der Waals surface area (Å²) >= 11 is 1.25. The number of carbonyl (C=O) groups excluding carboxylic acids is 1. The molecule has 0 spiro atoms. The van der Waals surface area contributed by atoms with E-state index in [1.54, 1.807) is 12.4 Å². The number of nitrogens with zero attached hydrogens (tertiary/aromatic N) is 3. The van der Waals surface area contributed by atoms with Crippen molar-refractivity contribution in [2.45, 2.75) is 32.7 Å². The zero-order valence-corrected chi connectivity index (χ0v) is 12.3. The number of amides is 1. The van der Waals surface area contributed by atoms with Gasteiger partial charge in [0.1, 0.15) is 5.82 Å². The summed E-state index contributed by atoms with van der Waals surface area (Å²) in [5.41, 5.74) is 0. The Morgan fingerprint density at radius 2 is 2.30 bits per heavy atom.